The van der Waals surface area contributed by atoms with E-state index in [1.165, 1.54) is 6.20 Å². The van der Waals surface area contributed by atoms with Gasteiger partial charge in [-0.1, -0.05) is 23.2 Å². The van der Waals surface area contributed by atoms with Gasteiger partial charge in [0.1, 0.15) is 6.10 Å². The van der Waals surface area contributed by atoms with Crippen molar-refractivity contribution >= 4 is 23.2 Å². The molecule has 4 nitrogen and oxygen atoms in total. The summed E-state index contributed by atoms with van der Waals surface area (Å²) in [7, 11) is 0. The summed E-state index contributed by atoms with van der Waals surface area (Å²) in [4.78, 5) is 4.08. The standard InChI is InChI=1S/C12H13Cl2N3O/c1-7(2)17-10(3-4-16-17)12(18)11-9(14)5-8(13)6-15-11/h3-7,12,18H,1-2H3. The van der Waals surface area contributed by atoms with Crippen molar-refractivity contribution in [1.29, 1.82) is 0 Å². The molecule has 1 N–H and O–H groups in total. The molecule has 0 fully saturated rings. The molecule has 0 spiro atoms. The van der Waals surface area contributed by atoms with E-state index < -0.39 is 6.10 Å². The summed E-state index contributed by atoms with van der Waals surface area (Å²) < 4.78 is 1.73. The molecule has 96 valence electrons. The smallest absolute Gasteiger partial charge is 0.139 e. The summed E-state index contributed by atoms with van der Waals surface area (Å²) in [5, 5.41) is 15.3. The lowest BCUT2D eigenvalue weighted by Crippen LogP contribution is -2.13. The fraction of sp³-hybridized carbons (Fsp3) is 0.333. The van der Waals surface area contributed by atoms with Gasteiger partial charge in [-0.3, -0.25) is 9.67 Å². The topological polar surface area (TPSA) is 50.9 Å². The zero-order chi connectivity index (χ0) is 13.3. The molecule has 1 unspecified atom stereocenters. The van der Waals surface area contributed by atoms with Crippen LogP contribution in [0, 0.1) is 0 Å². The number of pyridine rings is 1. The number of hydrogen-bond acceptors (Lipinski definition) is 3. The van der Waals surface area contributed by atoms with Crippen LogP contribution in [0.2, 0.25) is 10.0 Å². The molecule has 1 atom stereocenters. The fourth-order valence-electron chi connectivity index (χ4n) is 1.74. The minimum absolute atomic E-state index is 0.149. The Morgan fingerprint density at radius 1 is 1.33 bits per heavy atom. The van der Waals surface area contributed by atoms with E-state index in [4.69, 9.17) is 23.2 Å². The van der Waals surface area contributed by atoms with Crippen LogP contribution in [-0.4, -0.2) is 19.9 Å². The first kappa shape index (κ1) is 13.3. The third-order valence-electron chi connectivity index (χ3n) is 2.57. The maximum absolute atomic E-state index is 10.3. The third-order valence-corrected chi connectivity index (χ3v) is 3.07. The highest BCUT2D eigenvalue weighted by atomic mass is 35.5. The van der Waals surface area contributed by atoms with Crippen molar-refractivity contribution in [2.45, 2.75) is 26.0 Å². The second-order valence-electron chi connectivity index (χ2n) is 4.22. The molecule has 6 heteroatoms. The van der Waals surface area contributed by atoms with Crippen LogP contribution >= 0.6 is 23.2 Å². The number of aliphatic hydroxyl groups excluding tert-OH is 1. The molecule has 0 radical (unpaired) electrons. The molecule has 2 heterocycles. The van der Waals surface area contributed by atoms with E-state index in [2.05, 4.69) is 10.1 Å². The molecule has 2 aromatic heterocycles. The molecule has 0 aliphatic rings. The van der Waals surface area contributed by atoms with Crippen LogP contribution in [0.5, 0.6) is 0 Å². The van der Waals surface area contributed by atoms with Crippen LogP contribution in [-0.2, 0) is 0 Å². The van der Waals surface area contributed by atoms with Gasteiger partial charge in [-0.25, -0.2) is 0 Å². The lowest BCUT2D eigenvalue weighted by atomic mass is 10.1. The van der Waals surface area contributed by atoms with Gasteiger partial charge in [0.05, 0.1) is 21.4 Å². The van der Waals surface area contributed by atoms with E-state index in [1.54, 1.807) is 23.0 Å². The number of halogens is 2. The van der Waals surface area contributed by atoms with Crippen molar-refractivity contribution in [3.05, 3.63) is 46.0 Å². The molecule has 0 aromatic carbocycles. The zero-order valence-corrected chi connectivity index (χ0v) is 11.5. The predicted octanol–water partition coefficient (Wildman–Crippen LogP) is 3.25. The molecule has 18 heavy (non-hydrogen) atoms. The van der Waals surface area contributed by atoms with Crippen LogP contribution < -0.4 is 0 Å². The number of hydrogen-bond donors (Lipinski definition) is 1. The maximum atomic E-state index is 10.3. The first-order chi connectivity index (χ1) is 8.50. The SMILES string of the molecule is CC(C)n1nccc1C(O)c1ncc(Cl)cc1Cl. The average molecular weight is 286 g/mol. The minimum atomic E-state index is -0.917. The van der Waals surface area contributed by atoms with Gasteiger partial charge in [-0.05, 0) is 26.0 Å². The highest BCUT2D eigenvalue weighted by molar-refractivity contribution is 6.34. The van der Waals surface area contributed by atoms with Crippen LogP contribution in [0.25, 0.3) is 0 Å². The van der Waals surface area contributed by atoms with E-state index in [-0.39, 0.29) is 6.04 Å². The average Bonchev–Trinajstić information content (AvgIpc) is 2.77. The molecule has 0 aliphatic carbocycles. The van der Waals surface area contributed by atoms with Gasteiger partial charge < -0.3 is 5.11 Å². The third kappa shape index (κ3) is 2.51. The lowest BCUT2D eigenvalue weighted by Gasteiger charge is -2.16. The largest absolute Gasteiger partial charge is 0.380 e. The summed E-state index contributed by atoms with van der Waals surface area (Å²) in [5.41, 5.74) is 1.03. The Balaban J connectivity index is 2.41. The van der Waals surface area contributed by atoms with Gasteiger partial charge in [0, 0.05) is 18.4 Å². The van der Waals surface area contributed by atoms with Crippen molar-refractivity contribution in [3.8, 4) is 0 Å². The summed E-state index contributed by atoms with van der Waals surface area (Å²) in [5.74, 6) is 0. The summed E-state index contributed by atoms with van der Waals surface area (Å²) in [6, 6.07) is 3.46. The Morgan fingerprint density at radius 2 is 2.06 bits per heavy atom. The predicted molar refractivity (Wildman–Crippen MR) is 70.9 cm³/mol. The molecule has 2 aromatic rings. The molecular weight excluding hydrogens is 273 g/mol. The second-order valence-corrected chi connectivity index (χ2v) is 5.06. The van der Waals surface area contributed by atoms with Gasteiger partial charge in [-0.15, -0.1) is 0 Å². The van der Waals surface area contributed by atoms with Gasteiger partial charge >= 0.3 is 0 Å². The molecule has 0 amide bonds. The number of aliphatic hydroxyl groups is 1. The highest BCUT2D eigenvalue weighted by Crippen LogP contribution is 2.29. The van der Waals surface area contributed by atoms with E-state index in [0.29, 0.717) is 21.4 Å². The van der Waals surface area contributed by atoms with Crippen LogP contribution in [0.4, 0.5) is 0 Å². The number of rotatable bonds is 3. The molecule has 0 bridgehead atoms. The summed E-state index contributed by atoms with van der Waals surface area (Å²) in [6.07, 6.45) is 2.18. The quantitative estimate of drug-likeness (QED) is 0.942. The van der Waals surface area contributed by atoms with Crippen molar-refractivity contribution in [3.63, 3.8) is 0 Å². The van der Waals surface area contributed by atoms with Crippen LogP contribution in [0.15, 0.2) is 24.5 Å². The molecule has 0 saturated heterocycles. The fourth-order valence-corrected chi connectivity index (χ4v) is 2.22. The van der Waals surface area contributed by atoms with Gasteiger partial charge in [0.2, 0.25) is 0 Å². The summed E-state index contributed by atoms with van der Waals surface area (Å²) >= 11 is 11.8. The Kier molecular flexibility index (Phi) is 3.90. The van der Waals surface area contributed by atoms with Crippen molar-refractivity contribution in [1.82, 2.24) is 14.8 Å². The van der Waals surface area contributed by atoms with Crippen molar-refractivity contribution in [2.75, 3.05) is 0 Å². The van der Waals surface area contributed by atoms with Crippen LogP contribution in [0.1, 0.15) is 37.4 Å². The molecular formula is C12H13Cl2N3O. The maximum Gasteiger partial charge on any atom is 0.139 e. The van der Waals surface area contributed by atoms with Crippen LogP contribution in [0.3, 0.4) is 0 Å². The van der Waals surface area contributed by atoms with Crippen molar-refractivity contribution < 1.29 is 5.11 Å². The van der Waals surface area contributed by atoms with Gasteiger partial charge in [0.25, 0.3) is 0 Å². The Labute approximate surface area is 115 Å². The Morgan fingerprint density at radius 3 is 2.67 bits per heavy atom. The van der Waals surface area contributed by atoms with Crippen molar-refractivity contribution in [2.24, 2.45) is 0 Å². The second kappa shape index (κ2) is 5.26. The lowest BCUT2D eigenvalue weighted by molar-refractivity contribution is 0.200. The number of nitrogens with zero attached hydrogens (tertiary/aromatic N) is 3. The molecule has 0 saturated carbocycles. The molecule has 2 rings (SSSR count). The van der Waals surface area contributed by atoms with E-state index in [0.717, 1.165) is 0 Å². The Bertz CT molecular complexity index is 554. The van der Waals surface area contributed by atoms with E-state index in [1.807, 2.05) is 13.8 Å². The first-order valence-corrected chi connectivity index (χ1v) is 6.28. The van der Waals surface area contributed by atoms with E-state index >= 15 is 0 Å². The molecule has 0 aliphatic heterocycles. The Hall–Kier alpha value is -1.10. The normalized spacial score (nSPS) is 13.0. The van der Waals surface area contributed by atoms with Gasteiger partial charge in [-0.2, -0.15) is 5.10 Å². The van der Waals surface area contributed by atoms with Gasteiger partial charge in [0.15, 0.2) is 0 Å². The zero-order valence-electron chi connectivity index (χ0n) is 10.0. The summed E-state index contributed by atoms with van der Waals surface area (Å²) in [6.45, 7) is 3.97. The minimum Gasteiger partial charge on any atom is -0.380 e. The monoisotopic (exact) mass is 285 g/mol. The first-order valence-electron chi connectivity index (χ1n) is 5.53. The van der Waals surface area contributed by atoms with E-state index in [9.17, 15) is 5.11 Å². The highest BCUT2D eigenvalue weighted by Gasteiger charge is 2.20. The number of aromatic nitrogens is 3.